The minimum atomic E-state index is -4.83. The predicted octanol–water partition coefficient (Wildman–Crippen LogP) is 4.08. The van der Waals surface area contributed by atoms with Gasteiger partial charge in [0.15, 0.2) is 5.03 Å². The number of carboxylic acids is 1. The van der Waals surface area contributed by atoms with Crippen LogP contribution in [0.15, 0.2) is 59.6 Å². The highest BCUT2D eigenvalue weighted by Crippen LogP contribution is 2.41. The summed E-state index contributed by atoms with van der Waals surface area (Å²) in [6.07, 6.45) is -2.80. The van der Waals surface area contributed by atoms with Crippen LogP contribution in [0, 0.1) is 0 Å². The van der Waals surface area contributed by atoms with E-state index in [1.54, 1.807) is 6.07 Å². The van der Waals surface area contributed by atoms with Crippen molar-refractivity contribution in [1.82, 2.24) is 9.97 Å². The molecule has 0 unspecified atom stereocenters. The monoisotopic (exact) mass is 616 g/mol. The molecule has 2 aromatic heterocycles. The van der Waals surface area contributed by atoms with E-state index < -0.39 is 54.8 Å². The lowest BCUT2D eigenvalue weighted by Gasteiger charge is -2.41. The van der Waals surface area contributed by atoms with E-state index in [0.29, 0.717) is 25.7 Å². The van der Waals surface area contributed by atoms with Crippen LogP contribution in [-0.2, 0) is 26.2 Å². The molecule has 0 spiro atoms. The molecule has 0 fully saturated rings. The standard InChI is InChI=1S/C28H27B4F3N4O4S/c29-26(30)15-5-1-2-6-17-39(27(31,32)16-14-24(40)41)22-10-7-11-23(37-22)44(42,43)38-21-13-12-20(28(33,34)35)25(36-21)18-8-3-4-9-19(18)26/h3-4,7-13H,1-2,5-6,14-17H2,(H,36,38)(H,40,41). The highest BCUT2D eigenvalue weighted by molar-refractivity contribution is 7.92. The highest BCUT2D eigenvalue weighted by atomic mass is 32.2. The summed E-state index contributed by atoms with van der Waals surface area (Å²) in [7, 11) is 21.2. The Morgan fingerprint density at radius 2 is 1.68 bits per heavy atom. The number of aromatic nitrogens is 2. The first kappa shape index (κ1) is 33.5. The third kappa shape index (κ3) is 7.80. The highest BCUT2D eigenvalue weighted by Gasteiger charge is 2.37. The maximum Gasteiger partial charge on any atom is 0.418 e. The van der Waals surface area contributed by atoms with Gasteiger partial charge in [-0.15, -0.1) is 0 Å². The molecule has 0 saturated carbocycles. The zero-order valence-corrected chi connectivity index (χ0v) is 24.5. The Balaban J connectivity index is 1.85. The molecular formula is C28H27B4F3N4O4S. The molecule has 0 amide bonds. The molecule has 8 nitrogen and oxygen atoms in total. The van der Waals surface area contributed by atoms with Gasteiger partial charge >= 0.3 is 12.1 Å². The number of alkyl halides is 3. The van der Waals surface area contributed by atoms with Crippen molar-refractivity contribution in [3.05, 3.63) is 65.7 Å². The van der Waals surface area contributed by atoms with E-state index in [4.69, 9.17) is 31.4 Å². The lowest BCUT2D eigenvalue weighted by atomic mass is 9.48. The molecule has 4 bridgehead atoms. The summed E-state index contributed by atoms with van der Waals surface area (Å²) in [5.74, 6) is -1.44. The van der Waals surface area contributed by atoms with E-state index in [9.17, 15) is 31.5 Å². The maximum absolute atomic E-state index is 14.2. The Bertz CT molecular complexity index is 1620. The SMILES string of the molecule is [B]C1([B])CCCCCCN(C([B])([B])CCC(=O)O)c2cccc(n2)S(=O)(=O)Nc2ccc(C(F)(F)F)c(n2)-c2ccccc21. The lowest BCUT2D eigenvalue weighted by Crippen LogP contribution is -2.51. The van der Waals surface area contributed by atoms with E-state index in [-0.39, 0.29) is 42.8 Å². The average molecular weight is 616 g/mol. The van der Waals surface area contributed by atoms with Gasteiger partial charge in [0.05, 0.1) is 42.6 Å². The third-order valence-electron chi connectivity index (χ3n) is 7.35. The van der Waals surface area contributed by atoms with Gasteiger partial charge in [0.2, 0.25) is 0 Å². The number of nitrogens with one attached hydrogen (secondary N) is 1. The molecule has 0 saturated heterocycles. The summed E-state index contributed by atoms with van der Waals surface area (Å²) in [6, 6.07) is 11.8. The molecular weight excluding hydrogens is 589 g/mol. The van der Waals surface area contributed by atoms with E-state index in [2.05, 4.69) is 14.7 Å². The number of rotatable bonds is 4. The molecule has 0 aliphatic carbocycles. The van der Waals surface area contributed by atoms with Crippen molar-refractivity contribution in [2.45, 2.75) is 66.7 Å². The fraction of sp³-hybridized carbons (Fsp3) is 0.393. The first-order valence-electron chi connectivity index (χ1n) is 13.8. The molecule has 1 aliphatic rings. The van der Waals surface area contributed by atoms with Crippen molar-refractivity contribution in [1.29, 1.82) is 0 Å². The number of nitrogens with zero attached hydrogens (tertiary/aromatic N) is 3. The van der Waals surface area contributed by atoms with E-state index in [1.165, 1.54) is 41.3 Å². The molecule has 8 radical (unpaired) electrons. The first-order valence-corrected chi connectivity index (χ1v) is 15.3. The molecule has 1 aliphatic heterocycles. The van der Waals surface area contributed by atoms with Crippen LogP contribution in [0.3, 0.4) is 0 Å². The topological polar surface area (TPSA) is 112 Å². The van der Waals surface area contributed by atoms with Crippen molar-refractivity contribution in [2.75, 3.05) is 16.2 Å². The summed E-state index contributed by atoms with van der Waals surface area (Å²) >= 11 is 0. The van der Waals surface area contributed by atoms with Crippen LogP contribution in [0.5, 0.6) is 0 Å². The van der Waals surface area contributed by atoms with E-state index >= 15 is 0 Å². The van der Waals surface area contributed by atoms with Crippen molar-refractivity contribution < 1.29 is 31.5 Å². The molecule has 2 N–H and O–H groups in total. The van der Waals surface area contributed by atoms with Crippen molar-refractivity contribution in [3.8, 4) is 11.3 Å². The second kappa shape index (κ2) is 12.9. The minimum absolute atomic E-state index is 0.0198. The summed E-state index contributed by atoms with van der Waals surface area (Å²) < 4.78 is 71.5. The second-order valence-corrected chi connectivity index (χ2v) is 12.4. The van der Waals surface area contributed by atoms with Gasteiger partial charge in [0, 0.05) is 18.5 Å². The minimum Gasteiger partial charge on any atom is -0.481 e. The van der Waals surface area contributed by atoms with Crippen LogP contribution in [-0.4, -0.2) is 72.7 Å². The Labute approximate surface area is 259 Å². The van der Waals surface area contributed by atoms with Gasteiger partial charge < -0.3 is 10.0 Å². The van der Waals surface area contributed by atoms with Gasteiger partial charge in [-0.2, -0.15) is 21.6 Å². The molecule has 3 aromatic rings. The average Bonchev–Trinajstić information content (AvgIpc) is 2.94. The largest absolute Gasteiger partial charge is 0.481 e. The number of halogens is 3. The van der Waals surface area contributed by atoms with Crippen LogP contribution in [0.2, 0.25) is 0 Å². The van der Waals surface area contributed by atoms with Gasteiger partial charge in [0.25, 0.3) is 10.0 Å². The number of carboxylic acid groups (broad SMARTS) is 1. The Morgan fingerprint density at radius 1 is 0.977 bits per heavy atom. The van der Waals surface area contributed by atoms with E-state index in [1.807, 2.05) is 0 Å². The van der Waals surface area contributed by atoms with Crippen molar-refractivity contribution >= 4 is 59.0 Å². The number of fused-ring (bicyclic) bond motifs is 6. The maximum atomic E-state index is 14.2. The number of aliphatic carboxylic acids is 1. The number of benzene rings is 1. The molecule has 44 heavy (non-hydrogen) atoms. The van der Waals surface area contributed by atoms with Gasteiger partial charge in [0.1, 0.15) is 11.6 Å². The number of hydrogen-bond donors (Lipinski definition) is 2. The van der Waals surface area contributed by atoms with Gasteiger partial charge in [-0.25, -0.2) is 9.97 Å². The first-order chi connectivity index (χ1) is 20.5. The van der Waals surface area contributed by atoms with Gasteiger partial charge in [-0.05, 0) is 48.0 Å². The smallest absolute Gasteiger partial charge is 0.418 e. The summed E-state index contributed by atoms with van der Waals surface area (Å²) in [4.78, 5) is 21.0. The summed E-state index contributed by atoms with van der Waals surface area (Å²) in [5, 5.41) is 5.47. The molecule has 4 rings (SSSR count). The molecule has 3 heterocycles. The fourth-order valence-electron chi connectivity index (χ4n) is 5.09. The number of pyridine rings is 2. The molecule has 222 valence electrons. The van der Waals surface area contributed by atoms with Crippen LogP contribution < -0.4 is 9.62 Å². The normalized spacial score (nSPS) is 17.4. The van der Waals surface area contributed by atoms with Crippen molar-refractivity contribution in [3.63, 3.8) is 0 Å². The Kier molecular flexibility index (Phi) is 9.82. The number of carbonyl (C=O) groups is 1. The van der Waals surface area contributed by atoms with Gasteiger partial charge in [-0.1, -0.05) is 61.2 Å². The van der Waals surface area contributed by atoms with Gasteiger partial charge in [-0.3, -0.25) is 9.52 Å². The molecule has 1 aromatic carbocycles. The molecule has 0 atom stereocenters. The summed E-state index contributed by atoms with van der Waals surface area (Å²) in [5.41, 5.74) is -1.41. The zero-order chi connectivity index (χ0) is 32.3. The lowest BCUT2D eigenvalue weighted by molar-refractivity contribution is -0.138. The second-order valence-electron chi connectivity index (χ2n) is 10.8. The Hall–Kier alpha value is -3.41. The Morgan fingerprint density at radius 3 is 2.39 bits per heavy atom. The number of sulfonamides is 1. The molecule has 16 heteroatoms. The van der Waals surface area contributed by atoms with Crippen LogP contribution >= 0.6 is 0 Å². The van der Waals surface area contributed by atoms with Crippen molar-refractivity contribution in [2.24, 2.45) is 0 Å². The van der Waals surface area contributed by atoms with Crippen LogP contribution in [0.4, 0.5) is 24.8 Å². The van der Waals surface area contributed by atoms with E-state index in [0.717, 1.165) is 12.1 Å². The quantitative estimate of drug-likeness (QED) is 0.426. The fourth-order valence-corrected chi connectivity index (χ4v) is 6.06. The number of hydrogen-bond acceptors (Lipinski definition) is 6. The van der Waals surface area contributed by atoms with Crippen LogP contribution in [0.1, 0.15) is 56.1 Å². The van der Waals surface area contributed by atoms with Crippen LogP contribution in [0.25, 0.3) is 11.3 Å². The number of anilines is 2. The predicted molar refractivity (Wildman–Crippen MR) is 164 cm³/mol. The third-order valence-corrected chi connectivity index (χ3v) is 8.60. The zero-order valence-electron chi connectivity index (χ0n) is 23.7. The summed E-state index contributed by atoms with van der Waals surface area (Å²) in [6.45, 7) is 0.222.